The van der Waals surface area contributed by atoms with Gasteiger partial charge in [0.15, 0.2) is 0 Å². The lowest BCUT2D eigenvalue weighted by Gasteiger charge is -2.31. The monoisotopic (exact) mass is 275 g/mol. The molecule has 0 aromatic carbocycles. The summed E-state index contributed by atoms with van der Waals surface area (Å²) in [5.41, 5.74) is -0.225. The number of halogens is 1. The molecule has 1 aliphatic heterocycles. The maximum Gasteiger partial charge on any atom is 0.228 e. The molecule has 1 amide bonds. The number of alkyl halides is 1. The number of likely N-dealkylation sites (tertiary alicyclic amines) is 1. The second kappa shape index (κ2) is 5.33. The minimum atomic E-state index is -0.225. The van der Waals surface area contributed by atoms with Crippen LogP contribution in [0.3, 0.4) is 0 Å². The zero-order valence-corrected chi connectivity index (χ0v) is 11.6. The van der Waals surface area contributed by atoms with E-state index in [-0.39, 0.29) is 5.41 Å². The number of hydrogen-bond acceptors (Lipinski definition) is 1. The fourth-order valence-corrected chi connectivity index (χ4v) is 2.47. The summed E-state index contributed by atoms with van der Waals surface area (Å²) in [5, 5.41) is 1.04. The van der Waals surface area contributed by atoms with Gasteiger partial charge in [0, 0.05) is 23.3 Å². The van der Waals surface area contributed by atoms with Crippen LogP contribution >= 0.6 is 15.9 Å². The van der Waals surface area contributed by atoms with Gasteiger partial charge in [0.2, 0.25) is 5.91 Å². The Balaban J connectivity index is 2.56. The lowest BCUT2D eigenvalue weighted by molar-refractivity contribution is -0.140. The highest BCUT2D eigenvalue weighted by molar-refractivity contribution is 9.09. The van der Waals surface area contributed by atoms with Gasteiger partial charge in [0.05, 0.1) is 0 Å². The Kier molecular flexibility index (Phi) is 4.63. The minimum Gasteiger partial charge on any atom is -0.339 e. The van der Waals surface area contributed by atoms with Crippen molar-refractivity contribution in [2.24, 2.45) is 5.41 Å². The highest BCUT2D eigenvalue weighted by atomic mass is 79.9. The minimum absolute atomic E-state index is 0.225. The van der Waals surface area contributed by atoms with Gasteiger partial charge in [-0.1, -0.05) is 36.7 Å². The fraction of sp³-hybridized carbons (Fsp3) is 0.917. The number of nitrogens with zero attached hydrogens (tertiary/aromatic N) is 1. The lowest BCUT2D eigenvalue weighted by Crippen LogP contribution is -2.42. The Morgan fingerprint density at radius 2 is 2.13 bits per heavy atom. The van der Waals surface area contributed by atoms with E-state index in [1.807, 2.05) is 20.8 Å². The van der Waals surface area contributed by atoms with Gasteiger partial charge < -0.3 is 4.90 Å². The van der Waals surface area contributed by atoms with Crippen molar-refractivity contribution in [3.63, 3.8) is 0 Å². The topological polar surface area (TPSA) is 20.3 Å². The summed E-state index contributed by atoms with van der Waals surface area (Å²) in [6, 6.07) is 0.495. The molecule has 0 bridgehead atoms. The molecule has 1 aliphatic rings. The number of carbonyl (C=O) groups is 1. The van der Waals surface area contributed by atoms with Gasteiger partial charge in [-0.05, 0) is 25.7 Å². The maximum absolute atomic E-state index is 12.2. The van der Waals surface area contributed by atoms with Gasteiger partial charge in [-0.2, -0.15) is 0 Å². The number of amides is 1. The van der Waals surface area contributed by atoms with Crippen LogP contribution in [-0.2, 0) is 4.79 Å². The molecule has 0 aromatic rings. The van der Waals surface area contributed by atoms with Crippen molar-refractivity contribution in [2.75, 3.05) is 11.9 Å². The molecule has 1 fully saturated rings. The van der Waals surface area contributed by atoms with Crippen LogP contribution in [0.5, 0.6) is 0 Å². The average Bonchev–Trinajstić information content (AvgIpc) is 2.59. The van der Waals surface area contributed by atoms with Crippen molar-refractivity contribution in [3.05, 3.63) is 0 Å². The van der Waals surface area contributed by atoms with E-state index in [1.54, 1.807) is 0 Å². The van der Waals surface area contributed by atoms with Gasteiger partial charge >= 0.3 is 0 Å². The van der Waals surface area contributed by atoms with E-state index in [9.17, 15) is 4.79 Å². The second-order valence-electron chi connectivity index (χ2n) is 5.38. The molecule has 0 spiro atoms. The van der Waals surface area contributed by atoms with Crippen molar-refractivity contribution < 1.29 is 4.79 Å². The Labute approximate surface area is 102 Å². The molecule has 1 saturated heterocycles. The molecule has 1 unspecified atom stereocenters. The van der Waals surface area contributed by atoms with Gasteiger partial charge in [-0.15, -0.1) is 0 Å². The van der Waals surface area contributed by atoms with Gasteiger partial charge in [-0.3, -0.25) is 4.79 Å². The zero-order chi connectivity index (χ0) is 11.5. The van der Waals surface area contributed by atoms with Crippen LogP contribution < -0.4 is 0 Å². The van der Waals surface area contributed by atoms with E-state index >= 15 is 0 Å². The molecular weight excluding hydrogens is 254 g/mol. The molecular formula is C12H22BrNO. The smallest absolute Gasteiger partial charge is 0.228 e. The summed E-state index contributed by atoms with van der Waals surface area (Å²) in [6.45, 7) is 6.99. The first-order valence-electron chi connectivity index (χ1n) is 5.84. The quantitative estimate of drug-likeness (QED) is 0.725. The van der Waals surface area contributed by atoms with Crippen LogP contribution in [0.4, 0.5) is 0 Å². The van der Waals surface area contributed by atoms with Crippen molar-refractivity contribution in [1.29, 1.82) is 0 Å². The molecule has 15 heavy (non-hydrogen) atoms. The van der Waals surface area contributed by atoms with Crippen LogP contribution in [-0.4, -0.2) is 28.7 Å². The van der Waals surface area contributed by atoms with Gasteiger partial charge in [-0.25, -0.2) is 0 Å². The van der Waals surface area contributed by atoms with E-state index in [2.05, 4.69) is 20.8 Å². The van der Waals surface area contributed by atoms with Crippen LogP contribution in [0.1, 0.15) is 46.5 Å². The summed E-state index contributed by atoms with van der Waals surface area (Å²) in [6.07, 6.45) is 4.68. The second-order valence-corrected chi connectivity index (χ2v) is 6.17. The van der Waals surface area contributed by atoms with Crippen molar-refractivity contribution >= 4 is 21.8 Å². The molecule has 1 heterocycles. The largest absolute Gasteiger partial charge is 0.339 e. The maximum atomic E-state index is 12.2. The van der Waals surface area contributed by atoms with Crippen molar-refractivity contribution in [2.45, 2.75) is 52.5 Å². The Bertz CT molecular complexity index is 222. The first kappa shape index (κ1) is 13.0. The van der Waals surface area contributed by atoms with E-state index in [0.717, 1.165) is 18.3 Å². The van der Waals surface area contributed by atoms with Gasteiger partial charge in [0.25, 0.3) is 0 Å². The van der Waals surface area contributed by atoms with E-state index < -0.39 is 0 Å². The summed E-state index contributed by atoms with van der Waals surface area (Å²) in [7, 11) is 0. The number of rotatable bonds is 3. The van der Waals surface area contributed by atoms with Crippen LogP contribution in [0, 0.1) is 5.41 Å². The third-order valence-electron chi connectivity index (χ3n) is 2.95. The fourth-order valence-electron chi connectivity index (χ4n) is 2.15. The summed E-state index contributed by atoms with van der Waals surface area (Å²) in [4.78, 5) is 14.3. The SMILES string of the molecule is CC(C)(C)C(=O)N1CCCC1CCCBr. The molecule has 0 radical (unpaired) electrons. The van der Waals surface area contributed by atoms with Crippen molar-refractivity contribution in [3.8, 4) is 0 Å². The number of carbonyl (C=O) groups excluding carboxylic acids is 1. The normalized spacial score (nSPS) is 22.1. The average molecular weight is 276 g/mol. The Hall–Kier alpha value is -0.0500. The predicted molar refractivity (Wildman–Crippen MR) is 67.2 cm³/mol. The van der Waals surface area contributed by atoms with Gasteiger partial charge in [0.1, 0.15) is 0 Å². The summed E-state index contributed by atoms with van der Waals surface area (Å²) in [5.74, 6) is 0.319. The van der Waals surface area contributed by atoms with E-state index in [1.165, 1.54) is 19.3 Å². The highest BCUT2D eigenvalue weighted by Crippen LogP contribution is 2.27. The van der Waals surface area contributed by atoms with Crippen LogP contribution in [0.2, 0.25) is 0 Å². The first-order valence-corrected chi connectivity index (χ1v) is 6.96. The standard InChI is InChI=1S/C12H22BrNO/c1-12(2,3)11(15)14-9-5-7-10(14)6-4-8-13/h10H,4-9H2,1-3H3. The molecule has 0 aliphatic carbocycles. The first-order chi connectivity index (χ1) is 6.96. The van der Waals surface area contributed by atoms with E-state index in [4.69, 9.17) is 0 Å². The molecule has 88 valence electrons. The van der Waals surface area contributed by atoms with Crippen molar-refractivity contribution in [1.82, 2.24) is 4.90 Å². The molecule has 0 N–H and O–H groups in total. The highest BCUT2D eigenvalue weighted by Gasteiger charge is 2.34. The van der Waals surface area contributed by atoms with E-state index in [0.29, 0.717) is 11.9 Å². The lowest BCUT2D eigenvalue weighted by atomic mass is 9.94. The molecule has 0 aromatic heterocycles. The Morgan fingerprint density at radius 3 is 2.67 bits per heavy atom. The predicted octanol–water partition coefficient (Wildman–Crippen LogP) is 3.20. The zero-order valence-electron chi connectivity index (χ0n) is 10.1. The third-order valence-corrected chi connectivity index (χ3v) is 3.51. The van der Waals surface area contributed by atoms with Crippen LogP contribution in [0.25, 0.3) is 0 Å². The molecule has 2 nitrogen and oxygen atoms in total. The number of hydrogen-bond donors (Lipinski definition) is 0. The van der Waals surface area contributed by atoms with Crippen LogP contribution in [0.15, 0.2) is 0 Å². The molecule has 1 rings (SSSR count). The molecule has 3 heteroatoms. The summed E-state index contributed by atoms with van der Waals surface area (Å²) < 4.78 is 0. The third kappa shape index (κ3) is 3.47. The Morgan fingerprint density at radius 1 is 1.47 bits per heavy atom. The molecule has 0 saturated carbocycles. The summed E-state index contributed by atoms with van der Waals surface area (Å²) >= 11 is 3.45. The molecule has 1 atom stereocenters.